The molecular weight excluding hydrogens is 329 g/mol. The van der Waals surface area contributed by atoms with Crippen molar-refractivity contribution in [1.82, 2.24) is 4.90 Å². The van der Waals surface area contributed by atoms with Crippen LogP contribution in [-0.2, 0) is 0 Å². The molecular formula is C14H19Cl2N3O3. The Labute approximate surface area is 140 Å². The number of hydrogen-bond donors (Lipinski definition) is 1. The molecule has 2 unspecified atom stereocenters. The summed E-state index contributed by atoms with van der Waals surface area (Å²) in [5.41, 5.74) is 5.92. The number of rotatable bonds is 3. The van der Waals surface area contributed by atoms with Crippen molar-refractivity contribution in [1.29, 1.82) is 0 Å². The van der Waals surface area contributed by atoms with Gasteiger partial charge < -0.3 is 10.6 Å². The van der Waals surface area contributed by atoms with E-state index in [0.29, 0.717) is 19.0 Å². The number of benzene rings is 1. The Bertz CT molecular complexity index is 568. The third-order valence-electron chi connectivity index (χ3n) is 3.90. The minimum absolute atomic E-state index is 0. The van der Waals surface area contributed by atoms with E-state index in [0.717, 1.165) is 12.8 Å². The highest BCUT2D eigenvalue weighted by molar-refractivity contribution is 6.34. The van der Waals surface area contributed by atoms with Gasteiger partial charge in [-0.25, -0.2) is 0 Å². The van der Waals surface area contributed by atoms with Gasteiger partial charge in [-0.15, -0.1) is 12.4 Å². The van der Waals surface area contributed by atoms with Crippen molar-refractivity contribution in [2.45, 2.75) is 25.8 Å². The van der Waals surface area contributed by atoms with Crippen LogP contribution >= 0.6 is 24.0 Å². The fourth-order valence-corrected chi connectivity index (χ4v) is 2.94. The molecule has 0 aromatic heterocycles. The molecule has 1 aliphatic heterocycles. The van der Waals surface area contributed by atoms with E-state index in [1.807, 2.05) is 0 Å². The summed E-state index contributed by atoms with van der Waals surface area (Å²) in [7, 11) is 0. The van der Waals surface area contributed by atoms with E-state index in [1.54, 1.807) is 4.90 Å². The zero-order valence-electron chi connectivity index (χ0n) is 12.2. The predicted molar refractivity (Wildman–Crippen MR) is 87.6 cm³/mol. The van der Waals surface area contributed by atoms with Crippen molar-refractivity contribution in [2.75, 3.05) is 13.1 Å². The third kappa shape index (κ3) is 3.88. The Morgan fingerprint density at radius 2 is 2.23 bits per heavy atom. The van der Waals surface area contributed by atoms with Gasteiger partial charge in [-0.1, -0.05) is 18.5 Å². The first-order valence-corrected chi connectivity index (χ1v) is 7.26. The first kappa shape index (κ1) is 18.7. The molecule has 8 heteroatoms. The number of likely N-dealkylation sites (tertiary alicyclic amines) is 1. The quantitative estimate of drug-likeness (QED) is 0.672. The van der Waals surface area contributed by atoms with E-state index < -0.39 is 4.92 Å². The molecule has 0 aliphatic carbocycles. The van der Waals surface area contributed by atoms with Gasteiger partial charge in [-0.3, -0.25) is 14.9 Å². The summed E-state index contributed by atoms with van der Waals surface area (Å²) in [6.45, 7) is 3.18. The van der Waals surface area contributed by atoms with Gasteiger partial charge in [-0.2, -0.15) is 0 Å². The van der Waals surface area contributed by atoms with E-state index in [2.05, 4.69) is 6.92 Å². The largest absolute Gasteiger partial charge is 0.334 e. The molecule has 22 heavy (non-hydrogen) atoms. The van der Waals surface area contributed by atoms with Gasteiger partial charge in [0.2, 0.25) is 0 Å². The first-order chi connectivity index (χ1) is 9.93. The van der Waals surface area contributed by atoms with Gasteiger partial charge >= 0.3 is 0 Å². The minimum Gasteiger partial charge on any atom is -0.334 e. The number of piperidine rings is 1. The third-order valence-corrected chi connectivity index (χ3v) is 4.22. The van der Waals surface area contributed by atoms with Gasteiger partial charge in [0.1, 0.15) is 0 Å². The van der Waals surface area contributed by atoms with Crippen LogP contribution in [0.3, 0.4) is 0 Å². The molecule has 1 aromatic rings. The smallest absolute Gasteiger partial charge is 0.270 e. The second-order valence-corrected chi connectivity index (χ2v) is 5.85. The summed E-state index contributed by atoms with van der Waals surface area (Å²) < 4.78 is 0. The van der Waals surface area contributed by atoms with Gasteiger partial charge in [0, 0.05) is 31.3 Å². The van der Waals surface area contributed by atoms with Crippen molar-refractivity contribution in [3.63, 3.8) is 0 Å². The van der Waals surface area contributed by atoms with Crippen LogP contribution in [0.15, 0.2) is 18.2 Å². The van der Waals surface area contributed by atoms with E-state index in [4.69, 9.17) is 17.3 Å². The Morgan fingerprint density at radius 3 is 2.77 bits per heavy atom. The van der Waals surface area contributed by atoms with Gasteiger partial charge in [0.25, 0.3) is 11.6 Å². The minimum atomic E-state index is -0.536. The number of carbonyl (C=O) groups excluding carboxylic acids is 1. The zero-order valence-corrected chi connectivity index (χ0v) is 13.8. The fourth-order valence-electron chi connectivity index (χ4n) is 2.69. The average Bonchev–Trinajstić information content (AvgIpc) is 2.46. The summed E-state index contributed by atoms with van der Waals surface area (Å²) >= 11 is 6.02. The highest BCUT2D eigenvalue weighted by Crippen LogP contribution is 2.28. The van der Waals surface area contributed by atoms with Crippen molar-refractivity contribution < 1.29 is 9.72 Å². The summed E-state index contributed by atoms with van der Waals surface area (Å²) in [4.78, 5) is 24.5. The lowest BCUT2D eigenvalue weighted by Gasteiger charge is -2.38. The molecule has 1 aromatic carbocycles. The molecule has 0 spiro atoms. The molecule has 1 saturated heterocycles. The molecule has 122 valence electrons. The molecule has 6 nitrogen and oxygen atoms in total. The highest BCUT2D eigenvalue weighted by atomic mass is 35.5. The first-order valence-electron chi connectivity index (χ1n) is 6.89. The monoisotopic (exact) mass is 347 g/mol. The highest BCUT2D eigenvalue weighted by Gasteiger charge is 2.30. The van der Waals surface area contributed by atoms with Gasteiger partial charge in [0.05, 0.1) is 15.5 Å². The summed E-state index contributed by atoms with van der Waals surface area (Å²) in [5.74, 6) is 0.326. The number of nitro benzene ring substituents is 1. The number of non-ortho nitro benzene ring substituents is 1. The maximum absolute atomic E-state index is 12.6. The second-order valence-electron chi connectivity index (χ2n) is 5.44. The van der Waals surface area contributed by atoms with Gasteiger partial charge in [-0.05, 0) is 24.8 Å². The molecule has 1 amide bonds. The van der Waals surface area contributed by atoms with Crippen molar-refractivity contribution in [2.24, 2.45) is 11.7 Å². The number of nitro groups is 1. The van der Waals surface area contributed by atoms with Crippen LogP contribution in [0.1, 0.15) is 30.1 Å². The lowest BCUT2D eigenvalue weighted by Crippen LogP contribution is -2.49. The van der Waals surface area contributed by atoms with E-state index in [1.165, 1.54) is 18.2 Å². The van der Waals surface area contributed by atoms with Crippen molar-refractivity contribution in [3.8, 4) is 0 Å². The Balaban J connectivity index is 0.00000242. The van der Waals surface area contributed by atoms with Crippen LogP contribution in [0.5, 0.6) is 0 Å². The molecule has 0 radical (unpaired) electrons. The Morgan fingerprint density at radius 1 is 1.55 bits per heavy atom. The number of carbonyl (C=O) groups is 1. The number of nitrogens with two attached hydrogens (primary N) is 1. The topological polar surface area (TPSA) is 89.5 Å². The van der Waals surface area contributed by atoms with Crippen LogP contribution in [0.4, 0.5) is 5.69 Å². The fraction of sp³-hybridized carbons (Fsp3) is 0.500. The molecule has 0 saturated carbocycles. The molecule has 2 rings (SSSR count). The van der Waals surface area contributed by atoms with E-state index in [9.17, 15) is 14.9 Å². The molecule has 1 heterocycles. The summed E-state index contributed by atoms with van der Waals surface area (Å²) in [5, 5.41) is 10.8. The van der Waals surface area contributed by atoms with Crippen molar-refractivity contribution in [3.05, 3.63) is 38.9 Å². The molecule has 2 N–H and O–H groups in total. The normalized spacial score (nSPS) is 21.1. The summed E-state index contributed by atoms with van der Waals surface area (Å²) in [6, 6.07) is 3.91. The zero-order chi connectivity index (χ0) is 15.6. The van der Waals surface area contributed by atoms with Crippen LogP contribution < -0.4 is 5.73 Å². The molecule has 2 atom stereocenters. The number of amides is 1. The number of halogens is 2. The molecule has 0 bridgehead atoms. The van der Waals surface area contributed by atoms with Crippen LogP contribution in [-0.4, -0.2) is 34.9 Å². The lowest BCUT2D eigenvalue weighted by atomic mass is 9.92. The number of hydrogen-bond acceptors (Lipinski definition) is 4. The SMILES string of the molecule is CC1CCN(C(=O)c2ccc([N+](=O)[O-])cc2Cl)C(CN)C1.Cl. The maximum atomic E-state index is 12.6. The predicted octanol–water partition coefficient (Wildman–Crippen LogP) is 2.87. The van der Waals surface area contributed by atoms with Crippen molar-refractivity contribution >= 4 is 35.6 Å². The van der Waals surface area contributed by atoms with Gasteiger partial charge in [0.15, 0.2) is 0 Å². The lowest BCUT2D eigenvalue weighted by molar-refractivity contribution is -0.384. The Kier molecular flexibility index (Phi) is 6.59. The van der Waals surface area contributed by atoms with Crippen LogP contribution in [0, 0.1) is 16.0 Å². The Hall–Kier alpha value is -1.37. The molecule has 1 aliphatic rings. The van der Waals surface area contributed by atoms with Crippen LogP contribution in [0.2, 0.25) is 5.02 Å². The van der Waals surface area contributed by atoms with Crippen LogP contribution in [0.25, 0.3) is 0 Å². The summed E-state index contributed by atoms with van der Waals surface area (Å²) in [6.07, 6.45) is 1.79. The standard InChI is InChI=1S/C14H18ClN3O3.ClH/c1-9-4-5-17(11(6-9)8-16)14(19)12-3-2-10(18(20)21)7-13(12)15;/h2-3,7,9,11H,4-6,8,16H2,1H3;1H. The average molecular weight is 348 g/mol. The second kappa shape index (κ2) is 7.76. The number of nitrogens with zero attached hydrogens (tertiary/aromatic N) is 2. The molecule has 1 fully saturated rings. The van der Waals surface area contributed by atoms with E-state index in [-0.39, 0.29) is 40.6 Å². The van der Waals surface area contributed by atoms with E-state index >= 15 is 0 Å². The maximum Gasteiger partial charge on any atom is 0.270 e.